The van der Waals surface area contributed by atoms with Gasteiger partial charge in [-0.1, -0.05) is 0 Å². The molecule has 0 fully saturated rings. The normalized spacial score (nSPS) is 12.9. The molecule has 0 spiro atoms. The Labute approximate surface area is 116 Å². The van der Waals surface area contributed by atoms with Gasteiger partial charge in [-0.2, -0.15) is 0 Å². The highest BCUT2D eigenvalue weighted by molar-refractivity contribution is 5.81. The molecule has 0 aliphatic rings. The van der Waals surface area contributed by atoms with E-state index in [1.165, 1.54) is 4.90 Å². The number of carbonyl (C=O) groups excluding carboxylic acids is 2. The smallest absolute Gasteiger partial charge is 0.428 e. The van der Waals surface area contributed by atoms with Crippen molar-refractivity contribution in [3.63, 3.8) is 0 Å². The minimum atomic E-state index is -0.976. The van der Waals surface area contributed by atoms with Crippen LogP contribution in [0.15, 0.2) is 0 Å². The van der Waals surface area contributed by atoms with E-state index in [9.17, 15) is 9.59 Å². The number of rotatable bonds is 0. The SMILES string of the molecule is CC(C)(C)OC(=O)OC(=O)N(C(C)(C)C)C(C)(C)C. The number of ether oxygens (including phenoxy) is 2. The molecule has 0 saturated carbocycles. The second-order valence-corrected chi connectivity index (χ2v) is 7.51. The molecule has 19 heavy (non-hydrogen) atoms. The molecule has 0 aromatic heterocycles. The zero-order valence-electron chi connectivity index (χ0n) is 13.6. The van der Waals surface area contributed by atoms with Gasteiger partial charge in [-0.3, -0.25) is 4.90 Å². The fourth-order valence-corrected chi connectivity index (χ4v) is 1.94. The molecular formula is C14H27NO4. The topological polar surface area (TPSA) is 55.8 Å². The zero-order chi connectivity index (χ0) is 15.6. The van der Waals surface area contributed by atoms with Gasteiger partial charge < -0.3 is 9.47 Å². The fourth-order valence-electron chi connectivity index (χ4n) is 1.94. The lowest BCUT2D eigenvalue weighted by Crippen LogP contribution is -2.56. The van der Waals surface area contributed by atoms with Crippen molar-refractivity contribution in [1.29, 1.82) is 0 Å². The standard InChI is InChI=1S/C14H27NO4/c1-12(2,3)15(13(4,5)6)10(16)18-11(17)19-14(7,8)9/h1-9H3. The van der Waals surface area contributed by atoms with Crippen molar-refractivity contribution in [2.75, 3.05) is 0 Å². The molecule has 0 aromatic carbocycles. The van der Waals surface area contributed by atoms with Gasteiger partial charge in [0.15, 0.2) is 0 Å². The van der Waals surface area contributed by atoms with Crippen molar-refractivity contribution >= 4 is 12.2 Å². The van der Waals surface area contributed by atoms with Crippen molar-refractivity contribution in [2.24, 2.45) is 0 Å². The first kappa shape index (κ1) is 17.7. The maximum Gasteiger partial charge on any atom is 0.517 e. The Balaban J connectivity index is 4.92. The van der Waals surface area contributed by atoms with Crippen molar-refractivity contribution in [3.05, 3.63) is 0 Å². The van der Waals surface area contributed by atoms with E-state index >= 15 is 0 Å². The highest BCUT2D eigenvalue weighted by Crippen LogP contribution is 2.26. The fraction of sp³-hybridized carbons (Fsp3) is 0.857. The number of hydrogen-bond donors (Lipinski definition) is 0. The molecule has 0 aliphatic carbocycles. The van der Waals surface area contributed by atoms with Crippen LogP contribution in [0.4, 0.5) is 9.59 Å². The lowest BCUT2D eigenvalue weighted by atomic mass is 9.97. The maximum atomic E-state index is 12.1. The summed E-state index contributed by atoms with van der Waals surface area (Å²) in [5, 5.41) is 0. The van der Waals surface area contributed by atoms with Crippen LogP contribution in [0.1, 0.15) is 62.3 Å². The average Bonchev–Trinajstić information content (AvgIpc) is 1.90. The summed E-state index contributed by atoms with van der Waals surface area (Å²) in [6.07, 6.45) is -1.68. The third-order valence-corrected chi connectivity index (χ3v) is 2.08. The van der Waals surface area contributed by atoms with Gasteiger partial charge in [0.1, 0.15) is 5.60 Å². The Morgan fingerprint density at radius 3 is 1.42 bits per heavy atom. The molecule has 0 radical (unpaired) electrons. The molecule has 5 nitrogen and oxygen atoms in total. The molecule has 0 rings (SSSR count). The van der Waals surface area contributed by atoms with Gasteiger partial charge in [-0.15, -0.1) is 0 Å². The highest BCUT2D eigenvalue weighted by atomic mass is 16.8. The molecule has 0 saturated heterocycles. The molecule has 1 amide bonds. The maximum absolute atomic E-state index is 12.1. The van der Waals surface area contributed by atoms with Gasteiger partial charge in [-0.25, -0.2) is 9.59 Å². The molecule has 0 heterocycles. The second kappa shape index (κ2) is 5.39. The molecule has 5 heteroatoms. The summed E-state index contributed by atoms with van der Waals surface area (Å²) >= 11 is 0. The molecule has 0 atom stereocenters. The van der Waals surface area contributed by atoms with Crippen molar-refractivity contribution < 1.29 is 19.1 Å². The second-order valence-electron chi connectivity index (χ2n) is 7.51. The minimum absolute atomic E-state index is 0.461. The molecule has 0 aliphatic heterocycles. The largest absolute Gasteiger partial charge is 0.517 e. The number of amides is 1. The number of nitrogens with zero attached hydrogens (tertiary/aromatic N) is 1. The highest BCUT2D eigenvalue weighted by Gasteiger charge is 2.38. The van der Waals surface area contributed by atoms with E-state index in [0.29, 0.717) is 0 Å². The van der Waals surface area contributed by atoms with Gasteiger partial charge >= 0.3 is 12.2 Å². The van der Waals surface area contributed by atoms with Crippen LogP contribution < -0.4 is 0 Å². The van der Waals surface area contributed by atoms with Crippen molar-refractivity contribution in [3.8, 4) is 0 Å². The predicted octanol–water partition coefficient (Wildman–Crippen LogP) is 3.96. The van der Waals surface area contributed by atoms with Gasteiger partial charge in [0.25, 0.3) is 0 Å². The first-order valence-electron chi connectivity index (χ1n) is 6.40. The Morgan fingerprint density at radius 2 is 1.16 bits per heavy atom. The van der Waals surface area contributed by atoms with E-state index < -0.39 is 28.9 Å². The van der Waals surface area contributed by atoms with Crippen LogP contribution >= 0.6 is 0 Å². The van der Waals surface area contributed by atoms with Gasteiger partial charge in [0.2, 0.25) is 0 Å². The van der Waals surface area contributed by atoms with Crippen LogP contribution in [0, 0.1) is 0 Å². The molecule has 0 unspecified atom stereocenters. The van der Waals surface area contributed by atoms with Crippen LogP contribution in [0.3, 0.4) is 0 Å². The summed E-state index contributed by atoms with van der Waals surface area (Å²) in [7, 11) is 0. The van der Waals surface area contributed by atoms with Gasteiger partial charge in [0.05, 0.1) is 0 Å². The first-order valence-corrected chi connectivity index (χ1v) is 6.40. The molecular weight excluding hydrogens is 246 g/mol. The average molecular weight is 273 g/mol. The summed E-state index contributed by atoms with van der Waals surface area (Å²) in [6.45, 7) is 16.4. The summed E-state index contributed by atoms with van der Waals surface area (Å²) in [5.41, 5.74) is -1.61. The third kappa shape index (κ3) is 6.45. The van der Waals surface area contributed by atoms with Gasteiger partial charge in [0, 0.05) is 11.1 Å². The van der Waals surface area contributed by atoms with Crippen molar-refractivity contribution in [1.82, 2.24) is 4.90 Å². The van der Waals surface area contributed by atoms with E-state index in [4.69, 9.17) is 9.47 Å². The Hall–Kier alpha value is -1.26. The zero-order valence-corrected chi connectivity index (χ0v) is 13.6. The summed E-state index contributed by atoms with van der Waals surface area (Å²) in [6, 6.07) is 0. The monoisotopic (exact) mass is 273 g/mol. The summed E-state index contributed by atoms with van der Waals surface area (Å²) < 4.78 is 9.74. The van der Waals surface area contributed by atoms with E-state index in [-0.39, 0.29) is 0 Å². The minimum Gasteiger partial charge on any atom is -0.428 e. The first-order chi connectivity index (χ1) is 8.14. The molecule has 0 N–H and O–H groups in total. The predicted molar refractivity (Wildman–Crippen MR) is 74.1 cm³/mol. The van der Waals surface area contributed by atoms with E-state index in [2.05, 4.69) is 0 Å². The quantitative estimate of drug-likeness (QED) is 0.495. The summed E-state index contributed by atoms with van der Waals surface area (Å²) in [4.78, 5) is 25.2. The Kier molecular flexibility index (Phi) is 5.03. The van der Waals surface area contributed by atoms with Crippen LogP contribution in [-0.4, -0.2) is 33.8 Å². The van der Waals surface area contributed by atoms with Crippen LogP contribution in [-0.2, 0) is 9.47 Å². The van der Waals surface area contributed by atoms with Crippen LogP contribution in [0.2, 0.25) is 0 Å². The van der Waals surface area contributed by atoms with E-state index in [0.717, 1.165) is 0 Å². The molecule has 0 bridgehead atoms. The number of carbonyl (C=O) groups is 2. The van der Waals surface area contributed by atoms with Crippen LogP contribution in [0.5, 0.6) is 0 Å². The van der Waals surface area contributed by atoms with E-state index in [1.54, 1.807) is 20.8 Å². The molecule has 112 valence electrons. The lowest BCUT2D eigenvalue weighted by molar-refractivity contribution is -0.0145. The third-order valence-electron chi connectivity index (χ3n) is 2.08. The lowest BCUT2D eigenvalue weighted by Gasteiger charge is -2.43. The van der Waals surface area contributed by atoms with Gasteiger partial charge in [-0.05, 0) is 62.3 Å². The van der Waals surface area contributed by atoms with Crippen LogP contribution in [0.25, 0.3) is 0 Å². The van der Waals surface area contributed by atoms with E-state index in [1.807, 2.05) is 41.5 Å². The molecule has 0 aromatic rings. The Bertz CT molecular complexity index is 328. The number of hydrogen-bond acceptors (Lipinski definition) is 4. The Morgan fingerprint density at radius 1 is 0.789 bits per heavy atom. The summed E-state index contributed by atoms with van der Waals surface area (Å²) in [5.74, 6) is 0. The van der Waals surface area contributed by atoms with Crippen molar-refractivity contribution in [2.45, 2.75) is 79.0 Å².